The van der Waals surface area contributed by atoms with Crippen LogP contribution in [0, 0.1) is 13.8 Å². The van der Waals surface area contributed by atoms with Crippen LogP contribution in [-0.4, -0.2) is 23.9 Å². The van der Waals surface area contributed by atoms with Gasteiger partial charge in [0.15, 0.2) is 0 Å². The number of carbonyl (C=O) groups excluding carboxylic acids is 2. The van der Waals surface area contributed by atoms with Gasteiger partial charge in [0.25, 0.3) is 11.7 Å². The number of nitrogens with zero attached hydrogens (tertiary/aromatic N) is 1. The molecule has 1 fully saturated rings. The Bertz CT molecular complexity index is 1250. The zero-order chi connectivity index (χ0) is 23.0. The summed E-state index contributed by atoms with van der Waals surface area (Å²) in [5, 5.41) is 11.6. The average Bonchev–Trinajstić information content (AvgIpc) is 3.05. The van der Waals surface area contributed by atoms with Gasteiger partial charge < -0.3 is 9.84 Å². The Labute approximate surface area is 191 Å². The van der Waals surface area contributed by atoms with Gasteiger partial charge in [-0.25, -0.2) is 0 Å². The summed E-state index contributed by atoms with van der Waals surface area (Å²) in [4.78, 5) is 27.9. The van der Waals surface area contributed by atoms with Gasteiger partial charge in [0.1, 0.15) is 11.5 Å². The molecule has 1 atom stereocenters. The number of hydrogen-bond donors (Lipinski definition) is 1. The van der Waals surface area contributed by atoms with E-state index in [2.05, 4.69) is 0 Å². The first kappa shape index (κ1) is 21.7. The Kier molecular flexibility index (Phi) is 5.76. The Hall–Kier alpha value is -3.57. The van der Waals surface area contributed by atoms with Crippen LogP contribution in [0.2, 0.25) is 5.02 Å². The molecule has 3 aromatic rings. The molecule has 4 rings (SSSR count). The summed E-state index contributed by atoms with van der Waals surface area (Å²) in [5.41, 5.74) is 3.64. The van der Waals surface area contributed by atoms with Crippen molar-refractivity contribution in [3.8, 4) is 5.75 Å². The lowest BCUT2D eigenvalue weighted by Crippen LogP contribution is -2.29. The molecule has 3 aromatic carbocycles. The molecular weight excluding hydrogens is 426 g/mol. The summed E-state index contributed by atoms with van der Waals surface area (Å²) in [7, 11) is 1.47. The molecule has 1 unspecified atom stereocenters. The summed E-state index contributed by atoms with van der Waals surface area (Å²) in [5.74, 6) is -1.35. The predicted octanol–water partition coefficient (Wildman–Crippen LogP) is 5.59. The number of ketones is 1. The van der Waals surface area contributed by atoms with Gasteiger partial charge in [-0.2, -0.15) is 0 Å². The number of methoxy groups -OCH3 is 1. The number of carbonyl (C=O) groups is 2. The van der Waals surface area contributed by atoms with Crippen LogP contribution in [0.1, 0.15) is 28.3 Å². The third-order valence-corrected chi connectivity index (χ3v) is 5.98. The van der Waals surface area contributed by atoms with Crippen LogP contribution >= 0.6 is 11.6 Å². The van der Waals surface area contributed by atoms with Crippen molar-refractivity contribution in [1.82, 2.24) is 0 Å². The second-order valence-corrected chi connectivity index (χ2v) is 8.12. The number of hydrogen-bond acceptors (Lipinski definition) is 4. The molecular formula is C26H22ClNO4. The lowest BCUT2D eigenvalue weighted by atomic mass is 9.92. The van der Waals surface area contributed by atoms with Crippen molar-refractivity contribution in [3.05, 3.63) is 99.6 Å². The summed E-state index contributed by atoms with van der Waals surface area (Å²) in [6, 6.07) is 18.8. The van der Waals surface area contributed by atoms with Crippen molar-refractivity contribution in [2.75, 3.05) is 12.0 Å². The standard InChI is InChI=1S/C26H22ClNO4/c1-15-8-11-18(12-9-15)28-23(19-7-5-4-6-16(19)2)22(25(30)26(28)31)24(29)17-10-13-20(27)21(14-17)32-3/h4-14,23,29H,1-3H3/b24-22+. The molecule has 5 nitrogen and oxygen atoms in total. The minimum atomic E-state index is -0.777. The van der Waals surface area contributed by atoms with E-state index in [1.807, 2.05) is 50.2 Å². The molecule has 0 saturated carbocycles. The van der Waals surface area contributed by atoms with Gasteiger partial charge in [-0.05, 0) is 55.3 Å². The lowest BCUT2D eigenvalue weighted by molar-refractivity contribution is -0.132. The van der Waals surface area contributed by atoms with Crippen molar-refractivity contribution in [2.24, 2.45) is 0 Å². The fraction of sp³-hybridized carbons (Fsp3) is 0.154. The van der Waals surface area contributed by atoms with Crippen molar-refractivity contribution in [2.45, 2.75) is 19.9 Å². The zero-order valence-corrected chi connectivity index (χ0v) is 18.7. The van der Waals surface area contributed by atoms with Crippen molar-refractivity contribution in [3.63, 3.8) is 0 Å². The maximum atomic E-state index is 13.2. The number of aliphatic hydroxyl groups excluding tert-OH is 1. The number of ether oxygens (including phenoxy) is 1. The van der Waals surface area contributed by atoms with Crippen LogP contribution in [0.5, 0.6) is 5.75 Å². The van der Waals surface area contributed by atoms with Crippen LogP contribution in [0.15, 0.2) is 72.3 Å². The molecule has 0 spiro atoms. The van der Waals surface area contributed by atoms with E-state index >= 15 is 0 Å². The Balaban J connectivity index is 1.97. The van der Waals surface area contributed by atoms with E-state index in [1.54, 1.807) is 30.3 Å². The monoisotopic (exact) mass is 447 g/mol. The van der Waals surface area contributed by atoms with E-state index in [0.717, 1.165) is 16.7 Å². The zero-order valence-electron chi connectivity index (χ0n) is 17.9. The summed E-state index contributed by atoms with van der Waals surface area (Å²) < 4.78 is 5.25. The Morgan fingerprint density at radius 1 is 1.00 bits per heavy atom. The number of halogens is 1. The second kappa shape index (κ2) is 8.52. The maximum absolute atomic E-state index is 13.2. The molecule has 1 aliphatic heterocycles. The SMILES string of the molecule is COc1cc(/C(O)=C2\C(=O)C(=O)N(c3ccc(C)cc3)C2c2ccccc2C)ccc1Cl. The second-order valence-electron chi connectivity index (χ2n) is 7.71. The van der Waals surface area contributed by atoms with Crippen molar-refractivity contribution >= 4 is 34.7 Å². The summed E-state index contributed by atoms with van der Waals surface area (Å²) in [6.45, 7) is 3.86. The molecule has 0 aromatic heterocycles. The molecule has 1 heterocycles. The highest BCUT2D eigenvalue weighted by Crippen LogP contribution is 2.43. The van der Waals surface area contributed by atoms with Crippen molar-refractivity contribution in [1.29, 1.82) is 0 Å². The molecule has 1 amide bonds. The van der Waals surface area contributed by atoms with E-state index in [-0.39, 0.29) is 11.3 Å². The predicted molar refractivity (Wildman–Crippen MR) is 125 cm³/mol. The number of amides is 1. The minimum absolute atomic E-state index is 0.0225. The van der Waals surface area contributed by atoms with E-state index < -0.39 is 17.7 Å². The van der Waals surface area contributed by atoms with E-state index in [9.17, 15) is 14.7 Å². The van der Waals surface area contributed by atoms with Crippen LogP contribution in [-0.2, 0) is 9.59 Å². The molecule has 1 aliphatic rings. The Morgan fingerprint density at radius 2 is 1.69 bits per heavy atom. The first-order valence-corrected chi connectivity index (χ1v) is 10.5. The number of anilines is 1. The number of aryl methyl sites for hydroxylation is 2. The largest absolute Gasteiger partial charge is 0.507 e. The fourth-order valence-electron chi connectivity index (χ4n) is 3.95. The van der Waals surface area contributed by atoms with E-state index in [4.69, 9.17) is 16.3 Å². The molecule has 6 heteroatoms. The van der Waals surface area contributed by atoms with Gasteiger partial charge in [0, 0.05) is 11.3 Å². The molecule has 1 N–H and O–H groups in total. The van der Waals surface area contributed by atoms with Crippen LogP contribution in [0.4, 0.5) is 5.69 Å². The number of benzene rings is 3. The van der Waals surface area contributed by atoms with Crippen LogP contribution in [0.25, 0.3) is 5.76 Å². The lowest BCUT2D eigenvalue weighted by Gasteiger charge is -2.26. The quantitative estimate of drug-likeness (QED) is 0.321. The molecule has 0 bridgehead atoms. The highest BCUT2D eigenvalue weighted by atomic mass is 35.5. The smallest absolute Gasteiger partial charge is 0.300 e. The number of aliphatic hydroxyl groups is 1. The van der Waals surface area contributed by atoms with Gasteiger partial charge in [0.05, 0.1) is 23.7 Å². The van der Waals surface area contributed by atoms with Gasteiger partial charge in [-0.3, -0.25) is 14.5 Å². The topological polar surface area (TPSA) is 66.8 Å². The Morgan fingerprint density at radius 3 is 2.34 bits per heavy atom. The highest BCUT2D eigenvalue weighted by Gasteiger charge is 2.47. The van der Waals surface area contributed by atoms with Gasteiger partial charge in [-0.1, -0.05) is 53.6 Å². The normalized spacial score (nSPS) is 17.6. The molecule has 0 aliphatic carbocycles. The first-order valence-electron chi connectivity index (χ1n) is 10.1. The molecule has 32 heavy (non-hydrogen) atoms. The summed E-state index contributed by atoms with van der Waals surface area (Å²) >= 11 is 6.12. The van der Waals surface area contributed by atoms with Gasteiger partial charge >= 0.3 is 0 Å². The third kappa shape index (κ3) is 3.65. The minimum Gasteiger partial charge on any atom is -0.507 e. The molecule has 1 saturated heterocycles. The maximum Gasteiger partial charge on any atom is 0.300 e. The van der Waals surface area contributed by atoms with E-state index in [0.29, 0.717) is 22.0 Å². The summed E-state index contributed by atoms with van der Waals surface area (Å²) in [6.07, 6.45) is 0. The fourth-order valence-corrected chi connectivity index (χ4v) is 4.15. The van der Waals surface area contributed by atoms with Gasteiger partial charge in [0.2, 0.25) is 0 Å². The molecule has 0 radical (unpaired) electrons. The third-order valence-electron chi connectivity index (χ3n) is 5.66. The van der Waals surface area contributed by atoms with Gasteiger partial charge in [-0.15, -0.1) is 0 Å². The number of rotatable bonds is 4. The van der Waals surface area contributed by atoms with E-state index in [1.165, 1.54) is 12.0 Å². The average molecular weight is 448 g/mol. The van der Waals surface area contributed by atoms with Crippen molar-refractivity contribution < 1.29 is 19.4 Å². The molecule has 162 valence electrons. The number of Topliss-reactive ketones (excluding diaryl/α,β-unsaturated/α-hetero) is 1. The first-order chi connectivity index (χ1) is 15.3. The highest BCUT2D eigenvalue weighted by molar-refractivity contribution is 6.51. The van der Waals surface area contributed by atoms with Crippen LogP contribution < -0.4 is 9.64 Å². The van der Waals surface area contributed by atoms with Crippen LogP contribution in [0.3, 0.4) is 0 Å².